The van der Waals surface area contributed by atoms with Crippen molar-refractivity contribution in [1.29, 1.82) is 0 Å². The molecule has 0 radical (unpaired) electrons. The molecule has 1 aromatic heterocycles. The van der Waals surface area contributed by atoms with E-state index in [1.54, 1.807) is 0 Å². The number of rotatable bonds is 5. The minimum atomic E-state index is 0.514. The second-order valence-electron chi connectivity index (χ2n) is 5.39. The van der Waals surface area contributed by atoms with Gasteiger partial charge in [0.05, 0.1) is 0 Å². The van der Waals surface area contributed by atoms with Gasteiger partial charge in [-0.25, -0.2) is 9.97 Å². The van der Waals surface area contributed by atoms with E-state index < -0.39 is 0 Å². The summed E-state index contributed by atoms with van der Waals surface area (Å²) < 4.78 is 0. The van der Waals surface area contributed by atoms with Crippen LogP contribution in [0.2, 0.25) is 0 Å². The molecule has 1 fully saturated rings. The van der Waals surface area contributed by atoms with E-state index in [9.17, 15) is 0 Å². The second-order valence-corrected chi connectivity index (χ2v) is 5.39. The average Bonchev–Trinajstić information content (AvgIpc) is 2.41. The highest BCUT2D eigenvalue weighted by atomic mass is 15.3. The number of nitrogens with zero attached hydrogens (tertiary/aromatic N) is 4. The molecule has 19 heavy (non-hydrogen) atoms. The third-order valence-electron chi connectivity index (χ3n) is 3.66. The summed E-state index contributed by atoms with van der Waals surface area (Å²) in [6.07, 6.45) is 3.88. The Balaban J connectivity index is 1.97. The topological polar surface area (TPSA) is 44.3 Å². The number of aromatic nitrogens is 2. The molecule has 0 bridgehead atoms. The van der Waals surface area contributed by atoms with Crippen molar-refractivity contribution in [1.82, 2.24) is 19.8 Å². The summed E-state index contributed by atoms with van der Waals surface area (Å²) >= 11 is 0. The summed E-state index contributed by atoms with van der Waals surface area (Å²) in [5, 5.41) is 3.32. The minimum Gasteiger partial charge on any atom is -0.370 e. The molecule has 1 saturated heterocycles. The SMILES string of the molecule is CCCNc1ccnc(CC2CN(C)CCN2C)n1. The van der Waals surface area contributed by atoms with Gasteiger partial charge in [-0.2, -0.15) is 0 Å². The first-order chi connectivity index (χ1) is 9.19. The van der Waals surface area contributed by atoms with Crippen LogP contribution in [0.5, 0.6) is 0 Å². The fraction of sp³-hybridized carbons (Fsp3) is 0.714. The quantitative estimate of drug-likeness (QED) is 0.861. The number of piperazine rings is 1. The zero-order valence-electron chi connectivity index (χ0n) is 12.3. The van der Waals surface area contributed by atoms with E-state index in [4.69, 9.17) is 0 Å². The van der Waals surface area contributed by atoms with Crippen LogP contribution in [0.4, 0.5) is 5.82 Å². The number of hydrogen-bond donors (Lipinski definition) is 1. The normalized spacial score (nSPS) is 21.5. The van der Waals surface area contributed by atoms with Crippen LogP contribution < -0.4 is 5.32 Å². The Morgan fingerprint density at radius 2 is 2.21 bits per heavy atom. The Bertz CT molecular complexity index is 395. The van der Waals surface area contributed by atoms with E-state index in [1.807, 2.05) is 12.3 Å². The van der Waals surface area contributed by atoms with Gasteiger partial charge in [-0.3, -0.25) is 0 Å². The van der Waals surface area contributed by atoms with Crippen LogP contribution in [-0.2, 0) is 6.42 Å². The van der Waals surface area contributed by atoms with E-state index in [-0.39, 0.29) is 0 Å². The number of anilines is 1. The first kappa shape index (κ1) is 14.2. The van der Waals surface area contributed by atoms with Crippen LogP contribution in [0, 0.1) is 0 Å². The Labute approximate surface area is 116 Å². The van der Waals surface area contributed by atoms with Crippen molar-refractivity contribution in [3.63, 3.8) is 0 Å². The predicted octanol–water partition coefficient (Wildman–Crippen LogP) is 1.09. The zero-order valence-corrected chi connectivity index (χ0v) is 12.3. The lowest BCUT2D eigenvalue weighted by Crippen LogP contribution is -2.50. The maximum atomic E-state index is 4.60. The lowest BCUT2D eigenvalue weighted by atomic mass is 10.1. The summed E-state index contributed by atoms with van der Waals surface area (Å²) in [6.45, 7) is 6.47. The summed E-state index contributed by atoms with van der Waals surface area (Å²) in [6, 6.07) is 2.45. The first-order valence-electron chi connectivity index (χ1n) is 7.13. The highest BCUT2D eigenvalue weighted by Crippen LogP contribution is 2.11. The van der Waals surface area contributed by atoms with Crippen molar-refractivity contribution in [2.24, 2.45) is 0 Å². The summed E-state index contributed by atoms with van der Waals surface area (Å²) in [5.41, 5.74) is 0. The molecule has 5 heteroatoms. The van der Waals surface area contributed by atoms with E-state index >= 15 is 0 Å². The Morgan fingerprint density at radius 1 is 1.37 bits per heavy atom. The average molecular weight is 263 g/mol. The van der Waals surface area contributed by atoms with Gasteiger partial charge in [0.15, 0.2) is 0 Å². The third-order valence-corrected chi connectivity index (χ3v) is 3.66. The van der Waals surface area contributed by atoms with Crippen molar-refractivity contribution in [3.05, 3.63) is 18.1 Å². The van der Waals surface area contributed by atoms with Crippen LogP contribution in [0.25, 0.3) is 0 Å². The standard InChI is InChI=1S/C14H25N5/c1-4-6-15-13-5-7-16-14(17-13)10-12-11-18(2)8-9-19(12)3/h5,7,12H,4,6,8-11H2,1-3H3,(H,15,16,17). The molecule has 1 atom stereocenters. The van der Waals surface area contributed by atoms with Gasteiger partial charge in [-0.05, 0) is 26.6 Å². The van der Waals surface area contributed by atoms with Crippen LogP contribution >= 0.6 is 0 Å². The van der Waals surface area contributed by atoms with Gasteiger partial charge in [0, 0.05) is 44.8 Å². The van der Waals surface area contributed by atoms with E-state index in [1.165, 1.54) is 0 Å². The minimum absolute atomic E-state index is 0.514. The van der Waals surface area contributed by atoms with Crippen molar-refractivity contribution >= 4 is 5.82 Å². The van der Waals surface area contributed by atoms with Gasteiger partial charge in [0.1, 0.15) is 11.6 Å². The van der Waals surface area contributed by atoms with Crippen molar-refractivity contribution in [3.8, 4) is 0 Å². The van der Waals surface area contributed by atoms with Gasteiger partial charge in [-0.1, -0.05) is 6.92 Å². The summed E-state index contributed by atoms with van der Waals surface area (Å²) in [5.74, 6) is 1.88. The monoisotopic (exact) mass is 263 g/mol. The maximum Gasteiger partial charge on any atom is 0.132 e. The van der Waals surface area contributed by atoms with Gasteiger partial charge >= 0.3 is 0 Å². The summed E-state index contributed by atoms with van der Waals surface area (Å²) in [4.78, 5) is 13.8. The molecule has 0 saturated carbocycles. The molecular weight excluding hydrogens is 238 g/mol. The molecule has 106 valence electrons. The van der Waals surface area contributed by atoms with Crippen molar-refractivity contribution < 1.29 is 0 Å². The van der Waals surface area contributed by atoms with Crippen LogP contribution in [0.1, 0.15) is 19.2 Å². The van der Waals surface area contributed by atoms with E-state index in [2.05, 4.69) is 46.1 Å². The summed E-state index contributed by atoms with van der Waals surface area (Å²) in [7, 11) is 4.37. The van der Waals surface area contributed by atoms with Gasteiger partial charge < -0.3 is 15.1 Å². The predicted molar refractivity (Wildman–Crippen MR) is 78.4 cm³/mol. The first-order valence-corrected chi connectivity index (χ1v) is 7.13. The molecule has 2 heterocycles. The molecule has 1 aliphatic rings. The molecule has 1 aromatic rings. The van der Waals surface area contributed by atoms with Crippen LogP contribution in [0.3, 0.4) is 0 Å². The Hall–Kier alpha value is -1.20. The largest absolute Gasteiger partial charge is 0.370 e. The smallest absolute Gasteiger partial charge is 0.132 e. The van der Waals surface area contributed by atoms with E-state index in [0.717, 1.165) is 50.7 Å². The number of nitrogens with one attached hydrogen (secondary N) is 1. The molecule has 2 rings (SSSR count). The second kappa shape index (κ2) is 6.82. The molecule has 5 nitrogen and oxygen atoms in total. The van der Waals surface area contributed by atoms with Gasteiger partial charge in [-0.15, -0.1) is 0 Å². The molecule has 0 amide bonds. The zero-order chi connectivity index (χ0) is 13.7. The fourth-order valence-corrected chi connectivity index (χ4v) is 2.38. The Morgan fingerprint density at radius 3 is 3.00 bits per heavy atom. The van der Waals surface area contributed by atoms with Crippen molar-refractivity contribution in [2.45, 2.75) is 25.8 Å². The van der Waals surface area contributed by atoms with Crippen LogP contribution in [-0.4, -0.2) is 66.1 Å². The molecule has 1 N–H and O–H groups in total. The fourth-order valence-electron chi connectivity index (χ4n) is 2.38. The lowest BCUT2D eigenvalue weighted by molar-refractivity contribution is 0.113. The Kier molecular flexibility index (Phi) is 5.10. The maximum absolute atomic E-state index is 4.60. The molecule has 0 aromatic carbocycles. The molecule has 1 aliphatic heterocycles. The molecule has 1 unspecified atom stereocenters. The molecule has 0 spiro atoms. The van der Waals surface area contributed by atoms with Gasteiger partial charge in [0.25, 0.3) is 0 Å². The van der Waals surface area contributed by atoms with Gasteiger partial charge in [0.2, 0.25) is 0 Å². The highest BCUT2D eigenvalue weighted by molar-refractivity contribution is 5.32. The third kappa shape index (κ3) is 4.14. The van der Waals surface area contributed by atoms with Crippen molar-refractivity contribution in [2.75, 3.05) is 45.6 Å². The molecule has 0 aliphatic carbocycles. The lowest BCUT2D eigenvalue weighted by Gasteiger charge is -2.37. The van der Waals surface area contributed by atoms with E-state index in [0.29, 0.717) is 6.04 Å². The van der Waals surface area contributed by atoms with Crippen LogP contribution in [0.15, 0.2) is 12.3 Å². The highest BCUT2D eigenvalue weighted by Gasteiger charge is 2.23. The number of likely N-dealkylation sites (N-methyl/N-ethyl adjacent to an activating group) is 2. The molecular formula is C14H25N5. The number of hydrogen-bond acceptors (Lipinski definition) is 5.